The van der Waals surface area contributed by atoms with E-state index in [1.54, 1.807) is 24.5 Å². The molecule has 1 aliphatic rings. The molecule has 0 aliphatic heterocycles. The molecule has 1 amide bonds. The van der Waals surface area contributed by atoms with Crippen LogP contribution in [-0.4, -0.2) is 10.9 Å². The number of aromatic nitrogens is 1. The summed E-state index contributed by atoms with van der Waals surface area (Å²) in [5, 5.41) is 18.0. The largest absolute Gasteiger partial charge is 0.369 e. The quantitative estimate of drug-likeness (QED) is 0.761. The SMILES string of the molecule is N#CC1(C#N)[C@H](c2cccnc2)[C@@H]1C(N)=O. The first-order valence-electron chi connectivity index (χ1n) is 4.69. The van der Waals surface area contributed by atoms with E-state index in [0.29, 0.717) is 5.56 Å². The summed E-state index contributed by atoms with van der Waals surface area (Å²) in [7, 11) is 0. The van der Waals surface area contributed by atoms with Crippen LogP contribution in [0, 0.1) is 34.0 Å². The first-order chi connectivity index (χ1) is 7.67. The minimum absolute atomic E-state index is 0.450. The molecule has 1 fully saturated rings. The second kappa shape index (κ2) is 3.32. The van der Waals surface area contributed by atoms with Gasteiger partial charge in [-0.3, -0.25) is 9.78 Å². The third kappa shape index (κ3) is 1.15. The molecule has 1 aliphatic carbocycles. The van der Waals surface area contributed by atoms with E-state index in [4.69, 9.17) is 16.3 Å². The predicted molar refractivity (Wildman–Crippen MR) is 53.3 cm³/mol. The van der Waals surface area contributed by atoms with Gasteiger partial charge in [0.2, 0.25) is 5.91 Å². The zero-order valence-electron chi connectivity index (χ0n) is 8.29. The number of hydrogen-bond acceptors (Lipinski definition) is 4. The Balaban J connectivity index is 2.43. The zero-order chi connectivity index (χ0) is 11.8. The average Bonchev–Trinajstić information content (AvgIpc) is 3.00. The van der Waals surface area contributed by atoms with E-state index in [9.17, 15) is 4.79 Å². The highest BCUT2D eigenvalue weighted by Gasteiger charge is 2.70. The highest BCUT2D eigenvalue weighted by atomic mass is 16.1. The summed E-state index contributed by atoms with van der Waals surface area (Å²) in [5.41, 5.74) is 4.58. The summed E-state index contributed by atoms with van der Waals surface area (Å²) >= 11 is 0. The Labute approximate surface area is 92.1 Å². The summed E-state index contributed by atoms with van der Waals surface area (Å²) in [6.07, 6.45) is 3.14. The predicted octanol–water partition coefficient (Wildman–Crippen LogP) is 0.314. The van der Waals surface area contributed by atoms with Crippen LogP contribution in [0.3, 0.4) is 0 Å². The second-order valence-electron chi connectivity index (χ2n) is 3.74. The van der Waals surface area contributed by atoms with Gasteiger partial charge in [0.1, 0.15) is 0 Å². The molecule has 0 aromatic carbocycles. The molecule has 0 spiro atoms. The van der Waals surface area contributed by atoms with Crippen LogP contribution in [0.2, 0.25) is 0 Å². The molecular weight excluding hydrogens is 204 g/mol. The Morgan fingerprint density at radius 1 is 1.50 bits per heavy atom. The van der Waals surface area contributed by atoms with Crippen LogP contribution in [0.15, 0.2) is 24.5 Å². The standard InChI is InChI=1S/C11H8N4O/c12-5-11(6-13)8(9(11)10(14)16)7-2-1-3-15-4-7/h1-4,8-9H,(H2,14,16)/t8-,9-/m1/s1. The third-order valence-electron chi connectivity index (χ3n) is 2.93. The van der Waals surface area contributed by atoms with E-state index in [2.05, 4.69) is 4.98 Å². The monoisotopic (exact) mass is 212 g/mol. The topological polar surface area (TPSA) is 104 Å². The molecule has 1 aromatic rings. The summed E-state index contributed by atoms with van der Waals surface area (Å²) in [5.74, 6) is -1.79. The lowest BCUT2D eigenvalue weighted by atomic mass is 10.0. The lowest BCUT2D eigenvalue weighted by Gasteiger charge is -1.96. The van der Waals surface area contributed by atoms with Gasteiger partial charge in [0.15, 0.2) is 5.41 Å². The maximum absolute atomic E-state index is 11.2. The number of nitrogens with two attached hydrogens (primary N) is 1. The summed E-state index contributed by atoms with van der Waals surface area (Å²) < 4.78 is 0. The maximum atomic E-state index is 11.2. The summed E-state index contributed by atoms with van der Waals surface area (Å²) in [6, 6.07) is 7.22. The number of rotatable bonds is 2. The number of hydrogen-bond donors (Lipinski definition) is 1. The smallest absolute Gasteiger partial charge is 0.223 e. The number of carbonyl (C=O) groups is 1. The minimum Gasteiger partial charge on any atom is -0.369 e. The molecule has 1 aromatic heterocycles. The highest BCUT2D eigenvalue weighted by molar-refractivity contribution is 5.85. The van der Waals surface area contributed by atoms with Crippen LogP contribution in [0.1, 0.15) is 11.5 Å². The van der Waals surface area contributed by atoms with E-state index >= 15 is 0 Å². The van der Waals surface area contributed by atoms with Crippen LogP contribution < -0.4 is 5.73 Å². The Morgan fingerprint density at radius 3 is 2.56 bits per heavy atom. The van der Waals surface area contributed by atoms with Gasteiger partial charge in [-0.05, 0) is 11.6 Å². The van der Waals surface area contributed by atoms with E-state index in [-0.39, 0.29) is 0 Å². The molecule has 1 heterocycles. The third-order valence-corrected chi connectivity index (χ3v) is 2.93. The number of nitrogens with zero attached hydrogens (tertiary/aromatic N) is 3. The van der Waals surface area contributed by atoms with Crippen molar-refractivity contribution in [2.45, 2.75) is 5.92 Å². The van der Waals surface area contributed by atoms with Crippen molar-refractivity contribution in [3.63, 3.8) is 0 Å². The minimum atomic E-state index is -1.31. The molecular formula is C11H8N4O. The normalized spacial score (nSPS) is 25.1. The first-order valence-corrected chi connectivity index (χ1v) is 4.69. The van der Waals surface area contributed by atoms with Crippen LogP contribution in [0.5, 0.6) is 0 Å². The fourth-order valence-corrected chi connectivity index (χ4v) is 2.09. The second-order valence-corrected chi connectivity index (χ2v) is 3.74. The fraction of sp³-hybridized carbons (Fsp3) is 0.273. The van der Waals surface area contributed by atoms with E-state index in [0.717, 1.165) is 0 Å². The average molecular weight is 212 g/mol. The zero-order valence-corrected chi connectivity index (χ0v) is 8.29. The molecule has 5 nitrogen and oxygen atoms in total. The molecule has 0 bridgehead atoms. The maximum Gasteiger partial charge on any atom is 0.223 e. The van der Waals surface area contributed by atoms with Gasteiger partial charge < -0.3 is 5.73 Å². The van der Waals surface area contributed by atoms with Gasteiger partial charge in [0.05, 0.1) is 18.1 Å². The Hall–Kier alpha value is -2.40. The van der Waals surface area contributed by atoms with Crippen LogP contribution in [-0.2, 0) is 4.79 Å². The van der Waals surface area contributed by atoms with Gasteiger partial charge in [0, 0.05) is 18.3 Å². The molecule has 16 heavy (non-hydrogen) atoms. The Kier molecular flexibility index (Phi) is 2.10. The number of primary amides is 1. The van der Waals surface area contributed by atoms with E-state index in [1.165, 1.54) is 0 Å². The molecule has 2 rings (SSSR count). The molecule has 2 atom stereocenters. The lowest BCUT2D eigenvalue weighted by molar-refractivity contribution is -0.119. The van der Waals surface area contributed by atoms with Gasteiger partial charge in [-0.25, -0.2) is 0 Å². The first kappa shape index (κ1) is 10.1. The van der Waals surface area contributed by atoms with Crippen molar-refractivity contribution < 1.29 is 4.79 Å². The van der Waals surface area contributed by atoms with Gasteiger partial charge in [-0.2, -0.15) is 10.5 Å². The van der Waals surface area contributed by atoms with E-state index in [1.807, 2.05) is 12.1 Å². The van der Waals surface area contributed by atoms with Gasteiger partial charge >= 0.3 is 0 Å². The van der Waals surface area contributed by atoms with Crippen molar-refractivity contribution in [2.75, 3.05) is 0 Å². The fourth-order valence-electron chi connectivity index (χ4n) is 2.09. The Morgan fingerprint density at radius 2 is 2.19 bits per heavy atom. The van der Waals surface area contributed by atoms with Gasteiger partial charge in [0.25, 0.3) is 0 Å². The van der Waals surface area contributed by atoms with Crippen LogP contribution in [0.4, 0.5) is 0 Å². The van der Waals surface area contributed by atoms with Crippen molar-refractivity contribution in [2.24, 2.45) is 17.1 Å². The molecule has 0 saturated heterocycles. The summed E-state index contributed by atoms with van der Waals surface area (Å²) in [6.45, 7) is 0. The number of amides is 1. The highest BCUT2D eigenvalue weighted by Crippen LogP contribution is 2.63. The number of nitriles is 2. The number of pyridine rings is 1. The van der Waals surface area contributed by atoms with Gasteiger partial charge in [-0.1, -0.05) is 6.07 Å². The molecule has 78 valence electrons. The van der Waals surface area contributed by atoms with Crippen molar-refractivity contribution in [3.05, 3.63) is 30.1 Å². The summed E-state index contributed by atoms with van der Waals surface area (Å²) in [4.78, 5) is 15.1. The van der Waals surface area contributed by atoms with Crippen LogP contribution in [0.25, 0.3) is 0 Å². The molecule has 0 radical (unpaired) electrons. The van der Waals surface area contributed by atoms with Crippen LogP contribution >= 0.6 is 0 Å². The van der Waals surface area contributed by atoms with Gasteiger partial charge in [-0.15, -0.1) is 0 Å². The molecule has 2 N–H and O–H groups in total. The molecule has 1 saturated carbocycles. The van der Waals surface area contributed by atoms with Crippen molar-refractivity contribution in [1.29, 1.82) is 10.5 Å². The Bertz CT molecular complexity index is 497. The lowest BCUT2D eigenvalue weighted by Crippen LogP contribution is -2.17. The van der Waals surface area contributed by atoms with Crippen molar-refractivity contribution in [3.8, 4) is 12.1 Å². The van der Waals surface area contributed by atoms with Crippen molar-refractivity contribution >= 4 is 5.91 Å². The van der Waals surface area contributed by atoms with Crippen molar-refractivity contribution in [1.82, 2.24) is 4.98 Å². The van der Waals surface area contributed by atoms with E-state index < -0.39 is 23.2 Å². The molecule has 0 unspecified atom stereocenters. The number of carbonyl (C=O) groups excluding carboxylic acids is 1. The molecule has 5 heteroatoms.